The Morgan fingerprint density at radius 2 is 1.35 bits per heavy atom. The van der Waals surface area contributed by atoms with Crippen LogP contribution < -0.4 is 0 Å². The van der Waals surface area contributed by atoms with Crippen molar-refractivity contribution in [3.05, 3.63) is 72.1 Å². The van der Waals surface area contributed by atoms with E-state index in [0.29, 0.717) is 0 Å². The van der Waals surface area contributed by atoms with E-state index < -0.39 is 0 Å². The van der Waals surface area contributed by atoms with Crippen LogP contribution in [0.2, 0.25) is 0 Å². The maximum atomic E-state index is 4.45. The summed E-state index contributed by atoms with van der Waals surface area (Å²) in [6.07, 6.45) is 1.64. The second kappa shape index (κ2) is 5.25. The van der Waals surface area contributed by atoms with Gasteiger partial charge in [0.05, 0.1) is 11.4 Å². The minimum absolute atomic E-state index is 0.957. The van der Waals surface area contributed by atoms with Crippen LogP contribution in [-0.4, -0.2) is 9.97 Å². The van der Waals surface area contributed by atoms with Crippen molar-refractivity contribution in [2.75, 3.05) is 0 Å². The van der Waals surface area contributed by atoms with Crippen molar-refractivity contribution >= 4 is 0 Å². The van der Waals surface area contributed by atoms with E-state index >= 15 is 0 Å². The van der Waals surface area contributed by atoms with Gasteiger partial charge in [-0.2, -0.15) is 0 Å². The van der Waals surface area contributed by atoms with E-state index in [1.165, 1.54) is 16.7 Å². The molecule has 98 valence electrons. The lowest BCUT2D eigenvalue weighted by molar-refractivity contribution is 1.17. The summed E-state index contributed by atoms with van der Waals surface area (Å²) in [6.45, 7) is 4.24. The maximum absolute atomic E-state index is 4.45. The Kier molecular flexibility index (Phi) is 3.30. The first-order chi connectivity index (χ1) is 9.75. The third-order valence-electron chi connectivity index (χ3n) is 3.47. The van der Waals surface area contributed by atoms with Crippen molar-refractivity contribution in [2.24, 2.45) is 0 Å². The molecule has 0 amide bonds. The monoisotopic (exact) mass is 260 g/mol. The first-order valence-electron chi connectivity index (χ1n) is 6.70. The molecule has 0 aliphatic rings. The van der Waals surface area contributed by atoms with Crippen molar-refractivity contribution in [1.29, 1.82) is 0 Å². The molecule has 2 aromatic carbocycles. The zero-order chi connectivity index (χ0) is 13.9. The van der Waals surface area contributed by atoms with E-state index in [4.69, 9.17) is 0 Å². The third-order valence-corrected chi connectivity index (χ3v) is 3.47. The van der Waals surface area contributed by atoms with Crippen molar-refractivity contribution in [3.63, 3.8) is 0 Å². The maximum Gasteiger partial charge on any atom is 0.116 e. The number of benzene rings is 2. The summed E-state index contributed by atoms with van der Waals surface area (Å²) in [4.78, 5) is 8.83. The molecule has 0 atom stereocenters. The fourth-order valence-electron chi connectivity index (χ4n) is 2.48. The van der Waals surface area contributed by atoms with E-state index in [2.05, 4.69) is 60.2 Å². The summed E-state index contributed by atoms with van der Waals surface area (Å²) < 4.78 is 0. The van der Waals surface area contributed by atoms with Gasteiger partial charge in [0.1, 0.15) is 6.33 Å². The van der Waals surface area contributed by atoms with Gasteiger partial charge in [0.2, 0.25) is 0 Å². The lowest BCUT2D eigenvalue weighted by Gasteiger charge is -2.10. The van der Waals surface area contributed by atoms with Crippen molar-refractivity contribution in [3.8, 4) is 22.5 Å². The van der Waals surface area contributed by atoms with Crippen LogP contribution in [0.25, 0.3) is 22.5 Å². The molecule has 0 radical (unpaired) electrons. The van der Waals surface area contributed by atoms with Crippen LogP contribution in [0.5, 0.6) is 0 Å². The van der Waals surface area contributed by atoms with Crippen LogP contribution in [0.4, 0.5) is 0 Å². The predicted octanol–water partition coefficient (Wildman–Crippen LogP) is 4.43. The molecule has 2 nitrogen and oxygen atoms in total. The van der Waals surface area contributed by atoms with Crippen LogP contribution in [-0.2, 0) is 0 Å². The Labute approximate surface area is 119 Å². The lowest BCUT2D eigenvalue weighted by atomic mass is 9.99. The molecular weight excluding hydrogens is 244 g/mol. The van der Waals surface area contributed by atoms with E-state index in [-0.39, 0.29) is 0 Å². The summed E-state index contributed by atoms with van der Waals surface area (Å²) in [5.74, 6) is 0. The van der Waals surface area contributed by atoms with Gasteiger partial charge in [0, 0.05) is 11.1 Å². The van der Waals surface area contributed by atoms with E-state index in [1.807, 2.05) is 18.2 Å². The van der Waals surface area contributed by atoms with Crippen LogP contribution in [0.1, 0.15) is 11.1 Å². The number of rotatable bonds is 2. The van der Waals surface area contributed by atoms with Crippen molar-refractivity contribution in [2.45, 2.75) is 13.8 Å². The molecule has 0 saturated heterocycles. The molecule has 3 aromatic rings. The van der Waals surface area contributed by atoms with Gasteiger partial charge in [-0.3, -0.25) is 0 Å². The molecule has 1 aromatic heterocycles. The molecular formula is C18H16N2. The molecule has 0 bridgehead atoms. The zero-order valence-electron chi connectivity index (χ0n) is 11.7. The third kappa shape index (κ3) is 2.32. The average molecular weight is 260 g/mol. The fourth-order valence-corrected chi connectivity index (χ4v) is 2.48. The number of hydrogen-bond donors (Lipinski definition) is 0. The van der Waals surface area contributed by atoms with Gasteiger partial charge in [-0.15, -0.1) is 0 Å². The molecule has 0 aliphatic carbocycles. The van der Waals surface area contributed by atoms with E-state index in [9.17, 15) is 0 Å². The van der Waals surface area contributed by atoms with Crippen LogP contribution in [0, 0.1) is 13.8 Å². The van der Waals surface area contributed by atoms with Gasteiger partial charge in [-0.1, -0.05) is 48.5 Å². The molecule has 0 spiro atoms. The minimum atomic E-state index is 0.957. The Hall–Kier alpha value is -2.48. The highest BCUT2D eigenvalue weighted by Gasteiger charge is 2.08. The Morgan fingerprint density at radius 1 is 0.700 bits per heavy atom. The molecule has 0 N–H and O–H groups in total. The van der Waals surface area contributed by atoms with Gasteiger partial charge < -0.3 is 0 Å². The molecule has 0 fully saturated rings. The Balaban J connectivity index is 2.13. The molecule has 20 heavy (non-hydrogen) atoms. The summed E-state index contributed by atoms with van der Waals surface area (Å²) in [5.41, 5.74) is 6.73. The van der Waals surface area contributed by atoms with Crippen LogP contribution >= 0.6 is 0 Å². The van der Waals surface area contributed by atoms with E-state index in [0.717, 1.165) is 17.0 Å². The second-order valence-corrected chi connectivity index (χ2v) is 4.92. The highest BCUT2D eigenvalue weighted by atomic mass is 14.8. The van der Waals surface area contributed by atoms with Gasteiger partial charge in [-0.05, 0) is 31.0 Å². The standard InChI is InChI=1S/C18H16N2/c1-13-7-6-8-14(2)18(13)17-11-16(19-12-20-17)15-9-4-3-5-10-15/h3-12H,1-2H3. The molecule has 1 heterocycles. The second-order valence-electron chi connectivity index (χ2n) is 4.92. The number of aromatic nitrogens is 2. The first kappa shape index (κ1) is 12.5. The molecule has 3 rings (SSSR count). The summed E-state index contributed by atoms with van der Waals surface area (Å²) in [6, 6.07) is 18.6. The zero-order valence-corrected chi connectivity index (χ0v) is 11.7. The molecule has 0 saturated carbocycles. The lowest BCUT2D eigenvalue weighted by Crippen LogP contribution is -1.93. The summed E-state index contributed by atoms with van der Waals surface area (Å²) in [7, 11) is 0. The highest BCUT2D eigenvalue weighted by Crippen LogP contribution is 2.27. The largest absolute Gasteiger partial charge is 0.236 e. The van der Waals surface area contributed by atoms with Gasteiger partial charge >= 0.3 is 0 Å². The number of aryl methyl sites for hydroxylation is 2. The van der Waals surface area contributed by atoms with Crippen molar-refractivity contribution < 1.29 is 0 Å². The number of hydrogen-bond acceptors (Lipinski definition) is 2. The minimum Gasteiger partial charge on any atom is -0.236 e. The normalized spacial score (nSPS) is 10.5. The summed E-state index contributed by atoms with van der Waals surface area (Å²) in [5, 5.41) is 0. The topological polar surface area (TPSA) is 25.8 Å². The first-order valence-corrected chi connectivity index (χ1v) is 6.70. The summed E-state index contributed by atoms with van der Waals surface area (Å²) >= 11 is 0. The van der Waals surface area contributed by atoms with E-state index in [1.54, 1.807) is 6.33 Å². The Bertz CT molecular complexity index is 713. The smallest absolute Gasteiger partial charge is 0.116 e. The average Bonchev–Trinajstić information content (AvgIpc) is 2.48. The number of nitrogens with zero attached hydrogens (tertiary/aromatic N) is 2. The van der Waals surface area contributed by atoms with Crippen LogP contribution in [0.15, 0.2) is 60.9 Å². The molecule has 0 aliphatic heterocycles. The predicted molar refractivity (Wildman–Crippen MR) is 82.4 cm³/mol. The van der Waals surface area contributed by atoms with Crippen LogP contribution in [0.3, 0.4) is 0 Å². The SMILES string of the molecule is Cc1cccc(C)c1-c1cc(-c2ccccc2)ncn1. The Morgan fingerprint density at radius 3 is 2.05 bits per heavy atom. The molecule has 2 heteroatoms. The van der Waals surface area contributed by atoms with Crippen molar-refractivity contribution in [1.82, 2.24) is 9.97 Å². The van der Waals surface area contributed by atoms with Gasteiger partial charge in [0.15, 0.2) is 0 Å². The fraction of sp³-hybridized carbons (Fsp3) is 0.111. The molecule has 0 unspecified atom stereocenters. The van der Waals surface area contributed by atoms with Gasteiger partial charge in [-0.25, -0.2) is 9.97 Å². The van der Waals surface area contributed by atoms with Gasteiger partial charge in [0.25, 0.3) is 0 Å². The highest BCUT2D eigenvalue weighted by molar-refractivity contribution is 5.71. The quantitative estimate of drug-likeness (QED) is 0.681.